The molecule has 7 heteroatoms. The molecule has 0 bridgehead atoms. The molecule has 2 aliphatic rings. The first-order valence-electron chi connectivity index (χ1n) is 17.5. The fourth-order valence-corrected chi connectivity index (χ4v) is 7.66. The van der Waals surface area contributed by atoms with Crippen LogP contribution in [0.25, 0.3) is 5.57 Å². The molecule has 0 aliphatic carbocycles. The standard InChI is InChI=1S/C40H64N2O5/c1-16-17-18-30(27-20-31(25(2)3)34(43)32(21-27)37(5,6)7)33(35(44)46-28-19-26(4)41(14)38(8,9)22-28)36(45)47-29-23-39(10,11)42(15)40(12,13)24-29/h20-21,28-30,33,43H,2,4,16-19,22-24H2,1,3,5-15H3. The van der Waals surface area contributed by atoms with Crippen molar-refractivity contribution in [3.63, 3.8) is 0 Å². The van der Waals surface area contributed by atoms with Crippen LogP contribution in [0.3, 0.4) is 0 Å². The number of carbonyl (C=O) groups excluding carboxylic acids is 2. The molecule has 2 saturated heterocycles. The fraction of sp³-hybridized carbons (Fsp3) is 0.700. The van der Waals surface area contributed by atoms with Gasteiger partial charge in [0.2, 0.25) is 0 Å². The molecule has 2 heterocycles. The van der Waals surface area contributed by atoms with Crippen molar-refractivity contribution < 1.29 is 24.2 Å². The summed E-state index contributed by atoms with van der Waals surface area (Å²) in [5, 5.41) is 11.3. The van der Waals surface area contributed by atoms with E-state index in [-0.39, 0.29) is 33.9 Å². The third-order valence-electron chi connectivity index (χ3n) is 11.0. The minimum atomic E-state index is -1.17. The summed E-state index contributed by atoms with van der Waals surface area (Å²) in [6, 6.07) is 3.88. The van der Waals surface area contributed by atoms with Crippen molar-refractivity contribution in [3.05, 3.63) is 47.7 Å². The third-order valence-corrected chi connectivity index (χ3v) is 11.0. The number of piperidine rings is 2. The zero-order valence-electron chi connectivity index (χ0n) is 31.8. The number of aromatic hydroxyl groups is 1. The number of likely N-dealkylation sites (tertiary alicyclic amines) is 2. The first-order chi connectivity index (χ1) is 21.4. The molecule has 3 rings (SSSR count). The Morgan fingerprint density at radius 3 is 1.94 bits per heavy atom. The van der Waals surface area contributed by atoms with Crippen LogP contribution in [0.1, 0.15) is 144 Å². The van der Waals surface area contributed by atoms with Gasteiger partial charge in [0.1, 0.15) is 18.0 Å². The zero-order valence-corrected chi connectivity index (χ0v) is 31.8. The molecule has 1 N–H and O–H groups in total. The molecular weight excluding hydrogens is 588 g/mol. The number of hydrogen-bond acceptors (Lipinski definition) is 7. The highest BCUT2D eigenvalue weighted by Gasteiger charge is 2.47. The maximum absolute atomic E-state index is 14.6. The highest BCUT2D eigenvalue weighted by Crippen LogP contribution is 2.44. The monoisotopic (exact) mass is 652 g/mol. The minimum absolute atomic E-state index is 0.188. The Hall–Kier alpha value is -2.80. The molecule has 3 atom stereocenters. The number of phenolic OH excluding ortho intramolecular Hbond substituents is 1. The van der Waals surface area contributed by atoms with E-state index in [1.54, 1.807) is 0 Å². The molecule has 2 aliphatic heterocycles. The third kappa shape index (κ3) is 8.63. The summed E-state index contributed by atoms with van der Waals surface area (Å²) in [7, 11) is 4.13. The number of unbranched alkanes of at least 4 members (excludes halogenated alkanes) is 1. The summed E-state index contributed by atoms with van der Waals surface area (Å²) in [5.74, 6) is -2.58. The van der Waals surface area contributed by atoms with Crippen LogP contribution < -0.4 is 0 Å². The topological polar surface area (TPSA) is 79.3 Å². The molecule has 47 heavy (non-hydrogen) atoms. The molecule has 0 amide bonds. The molecule has 1 aromatic rings. The number of esters is 2. The van der Waals surface area contributed by atoms with Gasteiger partial charge >= 0.3 is 11.9 Å². The van der Waals surface area contributed by atoms with Crippen LogP contribution in [-0.2, 0) is 24.5 Å². The molecule has 2 fully saturated rings. The summed E-state index contributed by atoms with van der Waals surface area (Å²) >= 11 is 0. The average molecular weight is 653 g/mol. The lowest BCUT2D eigenvalue weighted by Crippen LogP contribution is -2.60. The summed E-state index contributed by atoms with van der Waals surface area (Å²) in [6.45, 7) is 31.4. The van der Waals surface area contributed by atoms with Crippen molar-refractivity contribution in [3.8, 4) is 5.75 Å². The smallest absolute Gasteiger partial charge is 0.321 e. The van der Waals surface area contributed by atoms with Gasteiger partial charge in [0.25, 0.3) is 0 Å². The van der Waals surface area contributed by atoms with Gasteiger partial charge in [-0.15, -0.1) is 0 Å². The Kier molecular flexibility index (Phi) is 11.5. The van der Waals surface area contributed by atoms with Crippen LogP contribution in [0.5, 0.6) is 5.75 Å². The number of ether oxygens (including phenoxy) is 2. The van der Waals surface area contributed by atoms with Crippen LogP contribution in [0.15, 0.2) is 31.0 Å². The van der Waals surface area contributed by atoms with Gasteiger partial charge < -0.3 is 19.5 Å². The molecule has 0 spiro atoms. The second-order valence-electron chi connectivity index (χ2n) is 17.3. The van der Waals surface area contributed by atoms with Gasteiger partial charge in [-0.3, -0.25) is 14.5 Å². The molecular formula is C40H64N2O5. The lowest BCUT2D eigenvalue weighted by atomic mass is 9.76. The SMILES string of the molecule is C=C(C)c1cc(C(CCCC)C(C(=O)OC2CC(=C)N(C)C(C)(C)C2)C(=O)OC2CC(C)(C)N(C)C(C)(C)C2)cc(C(C)(C)C)c1O. The quantitative estimate of drug-likeness (QED) is 0.200. The van der Waals surface area contributed by atoms with Crippen LogP contribution in [0.2, 0.25) is 0 Å². The molecule has 1 aromatic carbocycles. The van der Waals surface area contributed by atoms with Crippen molar-refractivity contribution in [1.82, 2.24) is 9.80 Å². The van der Waals surface area contributed by atoms with Crippen molar-refractivity contribution in [2.24, 2.45) is 5.92 Å². The number of allylic oxidation sites excluding steroid dienone is 1. The van der Waals surface area contributed by atoms with Crippen molar-refractivity contribution in [2.75, 3.05) is 14.1 Å². The zero-order chi connectivity index (χ0) is 35.9. The van der Waals surface area contributed by atoms with E-state index < -0.39 is 29.9 Å². The Morgan fingerprint density at radius 2 is 1.47 bits per heavy atom. The predicted molar refractivity (Wildman–Crippen MR) is 192 cm³/mol. The fourth-order valence-electron chi connectivity index (χ4n) is 7.66. The Balaban J connectivity index is 2.14. The highest BCUT2D eigenvalue weighted by atomic mass is 16.6. The maximum atomic E-state index is 14.6. The highest BCUT2D eigenvalue weighted by molar-refractivity contribution is 5.96. The predicted octanol–water partition coefficient (Wildman–Crippen LogP) is 8.74. The van der Waals surface area contributed by atoms with Crippen molar-refractivity contribution in [2.45, 2.75) is 161 Å². The number of rotatable bonds is 10. The van der Waals surface area contributed by atoms with E-state index in [1.165, 1.54) is 0 Å². The molecule has 0 radical (unpaired) electrons. The number of phenols is 1. The van der Waals surface area contributed by atoms with Crippen LogP contribution in [0.4, 0.5) is 0 Å². The van der Waals surface area contributed by atoms with Gasteiger partial charge in [0.05, 0.1) is 0 Å². The van der Waals surface area contributed by atoms with E-state index in [0.29, 0.717) is 43.2 Å². The minimum Gasteiger partial charge on any atom is -0.507 e. The summed E-state index contributed by atoms with van der Waals surface area (Å²) in [4.78, 5) is 33.5. The van der Waals surface area contributed by atoms with Gasteiger partial charge in [-0.1, -0.05) is 59.8 Å². The van der Waals surface area contributed by atoms with Crippen molar-refractivity contribution >= 4 is 17.5 Å². The van der Waals surface area contributed by atoms with Crippen LogP contribution >= 0.6 is 0 Å². The molecule has 0 saturated carbocycles. The Labute approximate surface area is 285 Å². The number of carbonyl (C=O) groups is 2. The largest absolute Gasteiger partial charge is 0.507 e. The first-order valence-corrected chi connectivity index (χ1v) is 17.5. The van der Waals surface area contributed by atoms with E-state index in [9.17, 15) is 14.7 Å². The number of nitrogens with zero attached hydrogens (tertiary/aromatic N) is 2. The lowest BCUT2D eigenvalue weighted by molar-refractivity contribution is -0.176. The van der Waals surface area contributed by atoms with Gasteiger partial charge in [-0.05, 0) is 84.6 Å². The van der Waals surface area contributed by atoms with Gasteiger partial charge in [0, 0.05) is 72.1 Å². The van der Waals surface area contributed by atoms with Crippen LogP contribution in [0, 0.1) is 5.92 Å². The molecule has 0 aromatic heterocycles. The van der Waals surface area contributed by atoms with Crippen LogP contribution in [-0.4, -0.2) is 69.8 Å². The normalized spacial score (nSPS) is 22.8. The molecule has 264 valence electrons. The second kappa shape index (κ2) is 14.0. The van der Waals surface area contributed by atoms with Crippen molar-refractivity contribution in [1.29, 1.82) is 0 Å². The summed E-state index contributed by atoms with van der Waals surface area (Å²) < 4.78 is 12.7. The average Bonchev–Trinajstić information content (AvgIpc) is 2.91. The maximum Gasteiger partial charge on any atom is 0.321 e. The van der Waals surface area contributed by atoms with E-state index >= 15 is 0 Å². The summed E-state index contributed by atoms with van der Waals surface area (Å²) in [5.41, 5.74) is 2.78. The van der Waals surface area contributed by atoms with E-state index in [4.69, 9.17) is 9.47 Å². The van der Waals surface area contributed by atoms with Gasteiger partial charge in [-0.25, -0.2) is 0 Å². The first kappa shape index (κ1) is 38.6. The second-order valence-corrected chi connectivity index (χ2v) is 17.3. The van der Waals surface area contributed by atoms with E-state index in [2.05, 4.69) is 78.5 Å². The molecule has 7 nitrogen and oxygen atoms in total. The lowest BCUT2D eigenvalue weighted by Gasteiger charge is -2.53. The van der Waals surface area contributed by atoms with Gasteiger partial charge in [-0.2, -0.15) is 0 Å². The summed E-state index contributed by atoms with van der Waals surface area (Å²) in [6.07, 6.45) is 4.01. The molecule has 3 unspecified atom stereocenters. The number of hydrogen-bond donors (Lipinski definition) is 1. The number of benzene rings is 1. The Bertz CT molecular complexity index is 1330. The Morgan fingerprint density at radius 1 is 0.957 bits per heavy atom. The van der Waals surface area contributed by atoms with E-state index in [0.717, 1.165) is 29.7 Å². The van der Waals surface area contributed by atoms with E-state index in [1.807, 2.05) is 46.9 Å². The van der Waals surface area contributed by atoms with Gasteiger partial charge in [0.15, 0.2) is 5.92 Å².